The summed E-state index contributed by atoms with van der Waals surface area (Å²) < 4.78 is 26.0. The minimum Gasteiger partial charge on any atom is -0.395 e. The zero-order valence-corrected chi connectivity index (χ0v) is 11.5. The summed E-state index contributed by atoms with van der Waals surface area (Å²) in [5, 5.41) is 9.65. The second-order valence-electron chi connectivity index (χ2n) is 4.44. The molecule has 1 aromatic carbocycles. The second-order valence-corrected chi connectivity index (χ2v) is 6.77. The third-order valence-electron chi connectivity index (χ3n) is 3.19. The van der Waals surface area contributed by atoms with Crippen LogP contribution in [0.2, 0.25) is 5.02 Å². The first kappa shape index (κ1) is 13.8. The number of aliphatic hydroxyl groups excluding tert-OH is 1. The molecule has 0 aliphatic carbocycles. The standard InChI is InChI=1S/C12H16ClNO3S/c13-12-6-2-1-4-10(12)9-18(16,17)14-7-3-5-11(14)8-15/h1-2,4,6,11,15H,3,5,7-9H2. The van der Waals surface area contributed by atoms with Crippen LogP contribution in [-0.4, -0.2) is 37.0 Å². The Morgan fingerprint density at radius 2 is 2.11 bits per heavy atom. The quantitative estimate of drug-likeness (QED) is 0.916. The first-order chi connectivity index (χ1) is 8.54. The van der Waals surface area contributed by atoms with Crippen molar-refractivity contribution in [1.29, 1.82) is 0 Å². The van der Waals surface area contributed by atoms with E-state index in [0.717, 1.165) is 12.8 Å². The van der Waals surface area contributed by atoms with Gasteiger partial charge in [0.2, 0.25) is 10.0 Å². The number of nitrogens with zero attached hydrogens (tertiary/aromatic N) is 1. The van der Waals surface area contributed by atoms with E-state index < -0.39 is 10.0 Å². The van der Waals surface area contributed by atoms with E-state index in [0.29, 0.717) is 17.1 Å². The van der Waals surface area contributed by atoms with E-state index in [1.165, 1.54) is 4.31 Å². The minimum atomic E-state index is -3.41. The summed E-state index contributed by atoms with van der Waals surface area (Å²) in [6.07, 6.45) is 1.52. The lowest BCUT2D eigenvalue weighted by Gasteiger charge is -2.22. The number of hydrogen-bond acceptors (Lipinski definition) is 3. The van der Waals surface area contributed by atoms with Crippen molar-refractivity contribution in [3.05, 3.63) is 34.9 Å². The third-order valence-corrected chi connectivity index (χ3v) is 5.43. The number of sulfonamides is 1. The third kappa shape index (κ3) is 2.85. The maximum Gasteiger partial charge on any atom is 0.218 e. The predicted octanol–water partition coefficient (Wildman–Crippen LogP) is 1.63. The largest absolute Gasteiger partial charge is 0.395 e. The van der Waals surface area contributed by atoms with Crippen LogP contribution in [0.25, 0.3) is 0 Å². The van der Waals surface area contributed by atoms with Crippen LogP contribution >= 0.6 is 11.6 Å². The van der Waals surface area contributed by atoms with Gasteiger partial charge in [0.1, 0.15) is 0 Å². The van der Waals surface area contributed by atoms with E-state index in [-0.39, 0.29) is 18.4 Å². The predicted molar refractivity (Wildman–Crippen MR) is 70.9 cm³/mol. The van der Waals surface area contributed by atoms with Gasteiger partial charge in [0.15, 0.2) is 0 Å². The van der Waals surface area contributed by atoms with Crippen LogP contribution in [0, 0.1) is 0 Å². The summed E-state index contributed by atoms with van der Waals surface area (Å²) in [6, 6.07) is 6.65. The number of halogens is 1. The highest BCUT2D eigenvalue weighted by Gasteiger charge is 2.33. The van der Waals surface area contributed by atoms with E-state index >= 15 is 0 Å². The summed E-state index contributed by atoms with van der Waals surface area (Å²) >= 11 is 5.97. The molecule has 0 bridgehead atoms. The van der Waals surface area contributed by atoms with Crippen molar-refractivity contribution in [2.75, 3.05) is 13.2 Å². The molecule has 18 heavy (non-hydrogen) atoms. The van der Waals surface area contributed by atoms with Crippen LogP contribution in [0.4, 0.5) is 0 Å². The Morgan fingerprint density at radius 1 is 1.39 bits per heavy atom. The number of benzene rings is 1. The topological polar surface area (TPSA) is 57.6 Å². The number of hydrogen-bond donors (Lipinski definition) is 1. The lowest BCUT2D eigenvalue weighted by molar-refractivity contribution is 0.213. The highest BCUT2D eigenvalue weighted by molar-refractivity contribution is 7.88. The summed E-state index contributed by atoms with van der Waals surface area (Å²) in [5.41, 5.74) is 0.600. The van der Waals surface area contributed by atoms with E-state index in [9.17, 15) is 13.5 Å². The molecule has 1 N–H and O–H groups in total. The van der Waals surface area contributed by atoms with Crippen molar-refractivity contribution in [3.8, 4) is 0 Å². The van der Waals surface area contributed by atoms with Gasteiger partial charge >= 0.3 is 0 Å². The van der Waals surface area contributed by atoms with Gasteiger partial charge in [-0.05, 0) is 24.5 Å². The van der Waals surface area contributed by atoms with E-state index in [2.05, 4.69) is 0 Å². The molecule has 2 rings (SSSR count). The molecular weight excluding hydrogens is 274 g/mol. The van der Waals surface area contributed by atoms with Crippen molar-refractivity contribution in [2.24, 2.45) is 0 Å². The average Bonchev–Trinajstić information content (AvgIpc) is 2.81. The Kier molecular flexibility index (Phi) is 4.27. The Bertz CT molecular complexity index is 518. The van der Waals surface area contributed by atoms with Gasteiger partial charge in [-0.1, -0.05) is 29.8 Å². The van der Waals surface area contributed by atoms with Crippen LogP contribution in [0.15, 0.2) is 24.3 Å². The molecular formula is C12H16ClNO3S. The van der Waals surface area contributed by atoms with Crippen LogP contribution < -0.4 is 0 Å². The monoisotopic (exact) mass is 289 g/mol. The van der Waals surface area contributed by atoms with Gasteiger partial charge in [-0.2, -0.15) is 4.31 Å². The molecule has 0 spiro atoms. The summed E-state index contributed by atoms with van der Waals surface area (Å²) in [4.78, 5) is 0. The van der Waals surface area contributed by atoms with Gasteiger partial charge in [0.25, 0.3) is 0 Å². The lowest BCUT2D eigenvalue weighted by Crippen LogP contribution is -2.38. The average molecular weight is 290 g/mol. The van der Waals surface area contributed by atoms with Gasteiger partial charge in [-0.15, -0.1) is 0 Å². The van der Waals surface area contributed by atoms with Crippen LogP contribution in [0.3, 0.4) is 0 Å². The van der Waals surface area contributed by atoms with Crippen LogP contribution in [0.5, 0.6) is 0 Å². The molecule has 1 atom stereocenters. The van der Waals surface area contributed by atoms with Crippen molar-refractivity contribution >= 4 is 21.6 Å². The molecule has 6 heteroatoms. The fourth-order valence-corrected chi connectivity index (χ4v) is 4.38. The molecule has 0 radical (unpaired) electrons. The number of aliphatic hydroxyl groups is 1. The molecule has 4 nitrogen and oxygen atoms in total. The number of rotatable bonds is 4. The molecule has 1 aliphatic rings. The van der Waals surface area contributed by atoms with Crippen molar-refractivity contribution in [1.82, 2.24) is 4.31 Å². The molecule has 100 valence electrons. The lowest BCUT2D eigenvalue weighted by atomic mass is 10.2. The highest BCUT2D eigenvalue weighted by Crippen LogP contribution is 2.25. The van der Waals surface area contributed by atoms with Crippen molar-refractivity contribution in [3.63, 3.8) is 0 Å². The van der Waals surface area contributed by atoms with Gasteiger partial charge in [0, 0.05) is 17.6 Å². The second kappa shape index (κ2) is 5.57. The molecule has 0 amide bonds. The first-order valence-corrected chi connectivity index (χ1v) is 7.87. The van der Waals surface area contributed by atoms with Gasteiger partial charge in [-0.3, -0.25) is 0 Å². The molecule has 1 fully saturated rings. The maximum absolute atomic E-state index is 12.3. The summed E-state index contributed by atoms with van der Waals surface area (Å²) in [5.74, 6) is -0.108. The summed E-state index contributed by atoms with van der Waals surface area (Å²) in [6.45, 7) is 0.361. The molecule has 0 aromatic heterocycles. The smallest absolute Gasteiger partial charge is 0.218 e. The van der Waals surface area contributed by atoms with E-state index in [1.54, 1.807) is 24.3 Å². The molecule has 0 saturated carbocycles. The van der Waals surface area contributed by atoms with Crippen molar-refractivity contribution in [2.45, 2.75) is 24.6 Å². The molecule has 1 heterocycles. The van der Waals surface area contributed by atoms with Crippen LogP contribution in [0.1, 0.15) is 18.4 Å². The zero-order valence-electron chi connectivity index (χ0n) is 9.92. The normalized spacial score (nSPS) is 21.3. The SMILES string of the molecule is O=S(=O)(Cc1ccccc1Cl)N1CCCC1CO. The summed E-state index contributed by atoms with van der Waals surface area (Å²) in [7, 11) is -3.41. The highest BCUT2D eigenvalue weighted by atomic mass is 35.5. The Hall–Kier alpha value is -0.620. The fourth-order valence-electron chi connectivity index (χ4n) is 2.25. The fraction of sp³-hybridized carbons (Fsp3) is 0.500. The maximum atomic E-state index is 12.3. The minimum absolute atomic E-state index is 0.108. The van der Waals surface area contributed by atoms with Gasteiger partial charge in [-0.25, -0.2) is 8.42 Å². The van der Waals surface area contributed by atoms with E-state index in [1.807, 2.05) is 0 Å². The van der Waals surface area contributed by atoms with Crippen molar-refractivity contribution < 1.29 is 13.5 Å². The Balaban J connectivity index is 2.20. The van der Waals surface area contributed by atoms with Gasteiger partial charge in [0.05, 0.1) is 12.4 Å². The van der Waals surface area contributed by atoms with E-state index in [4.69, 9.17) is 11.6 Å². The zero-order chi connectivity index (χ0) is 13.2. The Morgan fingerprint density at radius 3 is 2.78 bits per heavy atom. The Labute approximate surface area is 112 Å². The molecule has 1 aliphatic heterocycles. The molecule has 1 unspecified atom stereocenters. The van der Waals surface area contributed by atoms with Gasteiger partial charge < -0.3 is 5.11 Å². The van der Waals surface area contributed by atoms with Crippen LogP contribution in [-0.2, 0) is 15.8 Å². The first-order valence-electron chi connectivity index (χ1n) is 5.88. The molecule has 1 aromatic rings. The molecule has 1 saturated heterocycles.